The van der Waals surface area contributed by atoms with Gasteiger partial charge in [0.1, 0.15) is 0 Å². The van der Waals surface area contributed by atoms with Crippen LogP contribution in [0.5, 0.6) is 0 Å². The highest BCUT2D eigenvalue weighted by Gasteiger charge is 2.21. The van der Waals surface area contributed by atoms with Gasteiger partial charge in [0.25, 0.3) is 0 Å². The summed E-state index contributed by atoms with van der Waals surface area (Å²) < 4.78 is 0. The molecule has 1 aliphatic heterocycles. The topological polar surface area (TPSA) is 15.3 Å². The Balaban J connectivity index is 2.09. The van der Waals surface area contributed by atoms with Gasteiger partial charge in [0.05, 0.1) is 0 Å². The second-order valence-corrected chi connectivity index (χ2v) is 5.09. The van der Waals surface area contributed by atoms with Crippen LogP contribution < -0.4 is 10.2 Å². The molecule has 0 radical (unpaired) electrons. The first-order valence-corrected chi connectivity index (χ1v) is 6.22. The lowest BCUT2D eigenvalue weighted by molar-refractivity contribution is 0.368. The van der Waals surface area contributed by atoms with E-state index in [2.05, 4.69) is 55.3 Å². The van der Waals surface area contributed by atoms with E-state index in [1.165, 1.54) is 11.3 Å². The van der Waals surface area contributed by atoms with Crippen molar-refractivity contribution in [2.75, 3.05) is 24.5 Å². The Morgan fingerprint density at radius 1 is 1.38 bits per heavy atom. The maximum Gasteiger partial charge on any atom is 0.0369 e. The summed E-state index contributed by atoms with van der Waals surface area (Å²) in [5.74, 6) is 0.701. The molecule has 16 heavy (non-hydrogen) atoms. The van der Waals surface area contributed by atoms with Crippen molar-refractivity contribution in [3.05, 3.63) is 29.8 Å². The standard InChI is InChI=1S/C14H22N2/c1-11(2)14-10-16(8-7-15-14)13-6-4-5-12(3)9-13/h4-6,9,11,14-15H,7-8,10H2,1-3H3. The van der Waals surface area contributed by atoms with Crippen LogP contribution >= 0.6 is 0 Å². The molecule has 2 nitrogen and oxygen atoms in total. The first-order valence-electron chi connectivity index (χ1n) is 6.22. The SMILES string of the molecule is Cc1cccc(N2CCNC(C(C)C)C2)c1. The van der Waals surface area contributed by atoms with Crippen molar-refractivity contribution >= 4 is 5.69 Å². The van der Waals surface area contributed by atoms with Crippen molar-refractivity contribution in [3.63, 3.8) is 0 Å². The largest absolute Gasteiger partial charge is 0.369 e. The number of aryl methyl sites for hydroxylation is 1. The van der Waals surface area contributed by atoms with Gasteiger partial charge >= 0.3 is 0 Å². The molecule has 88 valence electrons. The number of piperazine rings is 1. The molecule has 0 aromatic heterocycles. The summed E-state index contributed by atoms with van der Waals surface area (Å²) in [6, 6.07) is 9.43. The van der Waals surface area contributed by atoms with Gasteiger partial charge in [0.2, 0.25) is 0 Å². The predicted molar refractivity (Wildman–Crippen MR) is 70.0 cm³/mol. The van der Waals surface area contributed by atoms with Crippen molar-refractivity contribution in [1.29, 1.82) is 0 Å². The zero-order chi connectivity index (χ0) is 11.5. The van der Waals surface area contributed by atoms with Gasteiger partial charge < -0.3 is 10.2 Å². The number of nitrogens with one attached hydrogen (secondary N) is 1. The van der Waals surface area contributed by atoms with Crippen molar-refractivity contribution in [2.24, 2.45) is 5.92 Å². The summed E-state index contributed by atoms with van der Waals surface area (Å²) in [5, 5.41) is 3.59. The van der Waals surface area contributed by atoms with E-state index in [4.69, 9.17) is 0 Å². The van der Waals surface area contributed by atoms with Crippen LogP contribution in [-0.4, -0.2) is 25.7 Å². The average molecular weight is 218 g/mol. The molecule has 1 aromatic rings. The number of anilines is 1. The lowest BCUT2D eigenvalue weighted by atomic mass is 10.0. The van der Waals surface area contributed by atoms with Crippen LogP contribution in [0.3, 0.4) is 0 Å². The van der Waals surface area contributed by atoms with Crippen molar-refractivity contribution in [3.8, 4) is 0 Å². The van der Waals surface area contributed by atoms with Crippen molar-refractivity contribution in [2.45, 2.75) is 26.8 Å². The number of rotatable bonds is 2. The molecule has 0 saturated carbocycles. The highest BCUT2D eigenvalue weighted by Crippen LogP contribution is 2.19. The van der Waals surface area contributed by atoms with Crippen LogP contribution in [0.1, 0.15) is 19.4 Å². The van der Waals surface area contributed by atoms with Gasteiger partial charge in [-0.15, -0.1) is 0 Å². The third-order valence-electron chi connectivity index (χ3n) is 3.38. The van der Waals surface area contributed by atoms with Gasteiger partial charge in [0.15, 0.2) is 0 Å². The highest BCUT2D eigenvalue weighted by atomic mass is 15.2. The predicted octanol–water partition coefficient (Wildman–Crippen LogP) is 2.43. The van der Waals surface area contributed by atoms with E-state index >= 15 is 0 Å². The summed E-state index contributed by atoms with van der Waals surface area (Å²) in [5.41, 5.74) is 2.71. The molecule has 0 aliphatic carbocycles. The maximum atomic E-state index is 3.59. The average Bonchev–Trinajstić information content (AvgIpc) is 2.29. The summed E-state index contributed by atoms with van der Waals surface area (Å²) >= 11 is 0. The third-order valence-corrected chi connectivity index (χ3v) is 3.38. The molecule has 1 fully saturated rings. The summed E-state index contributed by atoms with van der Waals surface area (Å²) in [4.78, 5) is 2.49. The molecule has 1 aromatic carbocycles. The number of hydrogen-bond donors (Lipinski definition) is 1. The molecule has 2 heteroatoms. The van der Waals surface area contributed by atoms with Crippen LogP contribution in [0.2, 0.25) is 0 Å². The number of benzene rings is 1. The Morgan fingerprint density at radius 3 is 2.88 bits per heavy atom. The minimum Gasteiger partial charge on any atom is -0.369 e. The van der Waals surface area contributed by atoms with Gasteiger partial charge in [-0.05, 0) is 30.5 Å². The molecule has 1 unspecified atom stereocenters. The molecule has 1 atom stereocenters. The fourth-order valence-electron chi connectivity index (χ4n) is 2.28. The van der Waals surface area contributed by atoms with E-state index in [0.717, 1.165) is 19.6 Å². The van der Waals surface area contributed by atoms with Gasteiger partial charge in [0, 0.05) is 31.4 Å². The molecule has 2 rings (SSSR count). The Kier molecular flexibility index (Phi) is 3.49. The Hall–Kier alpha value is -1.02. The van der Waals surface area contributed by atoms with E-state index < -0.39 is 0 Å². The molecule has 0 spiro atoms. The van der Waals surface area contributed by atoms with Crippen LogP contribution in [0, 0.1) is 12.8 Å². The zero-order valence-electron chi connectivity index (χ0n) is 10.5. The first-order chi connectivity index (χ1) is 7.66. The van der Waals surface area contributed by atoms with Crippen LogP contribution in [-0.2, 0) is 0 Å². The normalized spacial score (nSPS) is 21.5. The minimum atomic E-state index is 0.620. The van der Waals surface area contributed by atoms with E-state index in [1.54, 1.807) is 0 Å². The second-order valence-electron chi connectivity index (χ2n) is 5.09. The lowest BCUT2D eigenvalue weighted by Gasteiger charge is -2.37. The smallest absolute Gasteiger partial charge is 0.0369 e. The molecule has 1 saturated heterocycles. The highest BCUT2D eigenvalue weighted by molar-refractivity contribution is 5.49. The Bertz CT molecular complexity index is 346. The molecule has 1 aliphatic rings. The monoisotopic (exact) mass is 218 g/mol. The van der Waals surface area contributed by atoms with Gasteiger partial charge in [-0.2, -0.15) is 0 Å². The molecule has 1 heterocycles. The van der Waals surface area contributed by atoms with Gasteiger partial charge in [-0.1, -0.05) is 26.0 Å². The van der Waals surface area contributed by atoms with Crippen LogP contribution in [0.4, 0.5) is 5.69 Å². The van der Waals surface area contributed by atoms with E-state index in [1.807, 2.05) is 0 Å². The molecule has 1 N–H and O–H groups in total. The first kappa shape index (κ1) is 11.5. The molecule has 0 bridgehead atoms. The van der Waals surface area contributed by atoms with Crippen LogP contribution in [0.25, 0.3) is 0 Å². The molecular weight excluding hydrogens is 196 g/mol. The molecule has 0 amide bonds. The summed E-state index contributed by atoms with van der Waals surface area (Å²) in [6.45, 7) is 10.1. The third kappa shape index (κ3) is 2.56. The fourth-order valence-corrected chi connectivity index (χ4v) is 2.28. The molecular formula is C14H22N2. The van der Waals surface area contributed by atoms with Gasteiger partial charge in [-0.3, -0.25) is 0 Å². The Labute approximate surface area is 98.7 Å². The Morgan fingerprint density at radius 2 is 2.19 bits per heavy atom. The van der Waals surface area contributed by atoms with Crippen molar-refractivity contribution in [1.82, 2.24) is 5.32 Å². The van der Waals surface area contributed by atoms with E-state index in [0.29, 0.717) is 12.0 Å². The maximum absolute atomic E-state index is 3.59. The minimum absolute atomic E-state index is 0.620. The summed E-state index contributed by atoms with van der Waals surface area (Å²) in [6.07, 6.45) is 0. The number of hydrogen-bond acceptors (Lipinski definition) is 2. The van der Waals surface area contributed by atoms with Crippen molar-refractivity contribution < 1.29 is 0 Å². The quantitative estimate of drug-likeness (QED) is 0.820. The van der Waals surface area contributed by atoms with E-state index in [9.17, 15) is 0 Å². The van der Waals surface area contributed by atoms with Crippen LogP contribution in [0.15, 0.2) is 24.3 Å². The zero-order valence-corrected chi connectivity index (χ0v) is 10.5. The number of nitrogens with zero attached hydrogens (tertiary/aromatic N) is 1. The van der Waals surface area contributed by atoms with E-state index in [-0.39, 0.29) is 0 Å². The lowest BCUT2D eigenvalue weighted by Crippen LogP contribution is -2.53. The van der Waals surface area contributed by atoms with Gasteiger partial charge in [-0.25, -0.2) is 0 Å². The summed E-state index contributed by atoms with van der Waals surface area (Å²) in [7, 11) is 0. The second kappa shape index (κ2) is 4.88. The fraction of sp³-hybridized carbons (Fsp3) is 0.571.